The lowest BCUT2D eigenvalue weighted by Crippen LogP contribution is -2.37. The highest BCUT2D eigenvalue weighted by molar-refractivity contribution is 7.07. The van der Waals surface area contributed by atoms with Crippen LogP contribution in [0.2, 0.25) is 0 Å². The number of benzene rings is 1. The summed E-state index contributed by atoms with van der Waals surface area (Å²) >= 11 is 1.71. The molecule has 1 aliphatic heterocycles. The summed E-state index contributed by atoms with van der Waals surface area (Å²) in [5.74, 6) is 1.70. The Hall–Kier alpha value is -1.52. The minimum atomic E-state index is -0.221. The average Bonchev–Trinajstić information content (AvgIpc) is 2.90. The molecule has 112 valence electrons. The van der Waals surface area contributed by atoms with E-state index in [9.17, 15) is 0 Å². The zero-order valence-corrected chi connectivity index (χ0v) is 13.3. The molecule has 0 spiro atoms. The van der Waals surface area contributed by atoms with Crippen LogP contribution in [0.5, 0.6) is 11.5 Å². The van der Waals surface area contributed by atoms with Gasteiger partial charge in [-0.25, -0.2) is 0 Å². The lowest BCUT2D eigenvalue weighted by molar-refractivity contribution is 0.0724. The molecule has 3 rings (SSSR count). The van der Waals surface area contributed by atoms with Gasteiger partial charge >= 0.3 is 0 Å². The van der Waals surface area contributed by atoms with Crippen LogP contribution in [0.15, 0.2) is 35.0 Å². The monoisotopic (exact) mass is 303 g/mol. The third-order valence-corrected chi connectivity index (χ3v) is 4.45. The molecule has 1 aliphatic rings. The third-order valence-electron chi connectivity index (χ3n) is 3.72. The summed E-state index contributed by atoms with van der Waals surface area (Å²) in [6.07, 6.45) is 1.75. The second-order valence-electron chi connectivity index (χ2n) is 6.10. The first-order valence-corrected chi connectivity index (χ1v) is 8.20. The Kier molecular flexibility index (Phi) is 3.91. The van der Waals surface area contributed by atoms with E-state index in [1.54, 1.807) is 11.3 Å². The number of hydrogen-bond donors (Lipinski definition) is 1. The largest absolute Gasteiger partial charge is 0.493 e. The van der Waals surface area contributed by atoms with Crippen LogP contribution < -0.4 is 15.2 Å². The molecule has 4 heteroatoms. The molecule has 0 fully saturated rings. The van der Waals surface area contributed by atoms with Crippen molar-refractivity contribution < 1.29 is 9.47 Å². The molecule has 2 N–H and O–H groups in total. The summed E-state index contributed by atoms with van der Waals surface area (Å²) in [6, 6.07) is 8.13. The Bertz CT molecular complexity index is 607. The Labute approximate surface area is 129 Å². The maximum atomic E-state index is 6.22. The molecule has 0 aliphatic carbocycles. The third kappa shape index (κ3) is 3.39. The lowest BCUT2D eigenvalue weighted by atomic mass is 9.90. The van der Waals surface area contributed by atoms with Crippen molar-refractivity contribution in [3.05, 3.63) is 46.2 Å². The maximum absolute atomic E-state index is 6.22. The molecule has 0 saturated carbocycles. The normalized spacial score (nSPS) is 19.7. The van der Waals surface area contributed by atoms with Crippen LogP contribution in [0.25, 0.3) is 0 Å². The minimum Gasteiger partial charge on any atom is -0.493 e. The Morgan fingerprint density at radius 1 is 1.38 bits per heavy atom. The first-order chi connectivity index (χ1) is 10.0. The van der Waals surface area contributed by atoms with Gasteiger partial charge in [0, 0.05) is 30.5 Å². The fourth-order valence-electron chi connectivity index (χ4n) is 2.70. The van der Waals surface area contributed by atoms with E-state index < -0.39 is 0 Å². The number of nitrogens with two attached hydrogens (primary N) is 1. The summed E-state index contributed by atoms with van der Waals surface area (Å²) in [7, 11) is 0. The van der Waals surface area contributed by atoms with Gasteiger partial charge in [0.1, 0.15) is 17.1 Å². The molecule has 2 aromatic rings. The molecule has 1 aromatic heterocycles. The molecular weight excluding hydrogens is 282 g/mol. The summed E-state index contributed by atoms with van der Waals surface area (Å²) in [5.41, 5.74) is 8.38. The summed E-state index contributed by atoms with van der Waals surface area (Å²) < 4.78 is 11.9. The standard InChI is InChI=1S/C17H21NO2S/c1-17(2)10-15(18)14-4-3-13(9-16(14)20-17)19-7-5-12-6-8-21-11-12/h3-4,6,8-9,11,15H,5,7,10,18H2,1-2H3. The van der Waals surface area contributed by atoms with Crippen molar-refractivity contribution in [3.63, 3.8) is 0 Å². The van der Waals surface area contributed by atoms with E-state index >= 15 is 0 Å². The number of hydrogen-bond acceptors (Lipinski definition) is 4. The van der Waals surface area contributed by atoms with Crippen LogP contribution in [-0.2, 0) is 6.42 Å². The minimum absolute atomic E-state index is 0.0311. The van der Waals surface area contributed by atoms with Crippen LogP contribution in [0, 0.1) is 0 Å². The second kappa shape index (κ2) is 5.70. The second-order valence-corrected chi connectivity index (χ2v) is 6.88. The SMILES string of the molecule is CC1(C)CC(N)c2ccc(OCCc3ccsc3)cc2O1. The molecule has 1 unspecified atom stereocenters. The summed E-state index contributed by atoms with van der Waals surface area (Å²) in [6.45, 7) is 4.81. The van der Waals surface area contributed by atoms with Crippen molar-refractivity contribution in [2.45, 2.75) is 38.3 Å². The van der Waals surface area contributed by atoms with E-state index in [1.807, 2.05) is 18.2 Å². The average molecular weight is 303 g/mol. The zero-order valence-electron chi connectivity index (χ0n) is 12.5. The van der Waals surface area contributed by atoms with Crippen molar-refractivity contribution in [1.82, 2.24) is 0 Å². The van der Waals surface area contributed by atoms with Gasteiger partial charge in [0.15, 0.2) is 0 Å². The number of thiophene rings is 1. The van der Waals surface area contributed by atoms with Gasteiger partial charge in [-0.05, 0) is 42.3 Å². The number of rotatable bonds is 4. The smallest absolute Gasteiger partial charge is 0.128 e. The highest BCUT2D eigenvalue weighted by Gasteiger charge is 2.31. The van der Waals surface area contributed by atoms with Crippen LogP contribution in [0.3, 0.4) is 0 Å². The number of fused-ring (bicyclic) bond motifs is 1. The first-order valence-electron chi connectivity index (χ1n) is 7.26. The van der Waals surface area contributed by atoms with Gasteiger partial charge in [0.05, 0.1) is 6.61 Å². The Morgan fingerprint density at radius 3 is 3.00 bits per heavy atom. The molecule has 21 heavy (non-hydrogen) atoms. The first kappa shape index (κ1) is 14.4. The van der Waals surface area contributed by atoms with E-state index in [4.69, 9.17) is 15.2 Å². The predicted molar refractivity (Wildman–Crippen MR) is 86.2 cm³/mol. The maximum Gasteiger partial charge on any atom is 0.128 e. The van der Waals surface area contributed by atoms with Crippen LogP contribution in [-0.4, -0.2) is 12.2 Å². The van der Waals surface area contributed by atoms with Gasteiger partial charge < -0.3 is 15.2 Å². The van der Waals surface area contributed by atoms with Crippen molar-refractivity contribution in [1.29, 1.82) is 0 Å². The molecule has 1 atom stereocenters. The Morgan fingerprint density at radius 2 is 2.24 bits per heavy atom. The zero-order chi connectivity index (χ0) is 14.9. The molecule has 0 saturated heterocycles. The van der Waals surface area contributed by atoms with Gasteiger partial charge in [0.2, 0.25) is 0 Å². The fourth-order valence-corrected chi connectivity index (χ4v) is 3.40. The number of ether oxygens (including phenoxy) is 2. The summed E-state index contributed by atoms with van der Waals surface area (Å²) in [5, 5.41) is 4.24. The molecule has 0 radical (unpaired) electrons. The van der Waals surface area contributed by atoms with Crippen molar-refractivity contribution in [2.75, 3.05) is 6.61 Å². The highest BCUT2D eigenvalue weighted by atomic mass is 32.1. The van der Waals surface area contributed by atoms with Crippen LogP contribution >= 0.6 is 11.3 Å². The quantitative estimate of drug-likeness (QED) is 0.930. The van der Waals surface area contributed by atoms with E-state index in [1.165, 1.54) is 5.56 Å². The molecule has 1 aromatic carbocycles. The summed E-state index contributed by atoms with van der Waals surface area (Å²) in [4.78, 5) is 0. The van der Waals surface area contributed by atoms with E-state index in [2.05, 4.69) is 30.7 Å². The van der Waals surface area contributed by atoms with Crippen molar-refractivity contribution in [2.24, 2.45) is 5.73 Å². The molecular formula is C17H21NO2S. The van der Waals surface area contributed by atoms with Gasteiger partial charge in [-0.1, -0.05) is 6.07 Å². The van der Waals surface area contributed by atoms with Gasteiger partial charge in [-0.3, -0.25) is 0 Å². The Balaban J connectivity index is 1.68. The molecule has 2 heterocycles. The van der Waals surface area contributed by atoms with E-state index in [-0.39, 0.29) is 11.6 Å². The van der Waals surface area contributed by atoms with Gasteiger partial charge in [-0.15, -0.1) is 0 Å². The topological polar surface area (TPSA) is 44.5 Å². The van der Waals surface area contributed by atoms with Gasteiger partial charge in [0.25, 0.3) is 0 Å². The highest BCUT2D eigenvalue weighted by Crippen LogP contribution is 2.39. The predicted octanol–water partition coefficient (Wildman–Crippen LogP) is 3.93. The van der Waals surface area contributed by atoms with Crippen LogP contribution in [0.1, 0.15) is 37.4 Å². The molecule has 0 bridgehead atoms. The van der Waals surface area contributed by atoms with Crippen molar-refractivity contribution >= 4 is 11.3 Å². The van der Waals surface area contributed by atoms with E-state index in [0.717, 1.165) is 29.9 Å². The van der Waals surface area contributed by atoms with E-state index in [0.29, 0.717) is 6.61 Å². The lowest BCUT2D eigenvalue weighted by Gasteiger charge is -2.36. The fraction of sp³-hybridized carbons (Fsp3) is 0.412. The van der Waals surface area contributed by atoms with Crippen LogP contribution in [0.4, 0.5) is 0 Å². The van der Waals surface area contributed by atoms with Gasteiger partial charge in [-0.2, -0.15) is 11.3 Å². The molecule has 0 amide bonds. The molecule has 3 nitrogen and oxygen atoms in total. The van der Waals surface area contributed by atoms with Crippen molar-refractivity contribution in [3.8, 4) is 11.5 Å².